The number of piperidine rings is 1. The van der Waals surface area contributed by atoms with E-state index in [1.54, 1.807) is 24.3 Å². The highest BCUT2D eigenvalue weighted by atomic mass is 19.3. The van der Waals surface area contributed by atoms with Crippen LogP contribution in [0.3, 0.4) is 0 Å². The zero-order valence-corrected chi connectivity index (χ0v) is 20.3. The molecule has 2 aromatic heterocycles. The molecule has 2 aromatic carbocycles. The van der Waals surface area contributed by atoms with Gasteiger partial charge in [-0.25, -0.2) is 13.8 Å². The standard InChI is InChI=1S/C26H27F2N7O2/c27-22(28)23-29-20-9-2-3-10-21(20)35(23)25-30-24(34-13-15-36-16-14-34)31-26(32-25)37-19-8-6-7-18(17-19)33-11-4-1-5-12-33/h2-3,6-10,17,22H,1,4-5,11-16H2. The molecule has 0 bridgehead atoms. The van der Waals surface area contributed by atoms with Gasteiger partial charge in [0.25, 0.3) is 6.43 Å². The van der Waals surface area contributed by atoms with Gasteiger partial charge in [-0.2, -0.15) is 15.0 Å². The molecule has 192 valence electrons. The number of imidazole rings is 1. The van der Waals surface area contributed by atoms with Crippen molar-refractivity contribution in [3.8, 4) is 17.7 Å². The largest absolute Gasteiger partial charge is 0.424 e. The quantitative estimate of drug-likeness (QED) is 0.369. The minimum Gasteiger partial charge on any atom is -0.424 e. The minimum atomic E-state index is -2.82. The number of para-hydroxylation sites is 2. The van der Waals surface area contributed by atoms with Crippen molar-refractivity contribution < 1.29 is 18.3 Å². The van der Waals surface area contributed by atoms with Crippen LogP contribution in [-0.2, 0) is 4.74 Å². The normalized spacial score (nSPS) is 16.5. The zero-order chi connectivity index (χ0) is 25.2. The lowest BCUT2D eigenvalue weighted by atomic mass is 10.1. The minimum absolute atomic E-state index is 0.0280. The summed E-state index contributed by atoms with van der Waals surface area (Å²) in [6.07, 6.45) is 0.752. The van der Waals surface area contributed by atoms with Crippen LogP contribution < -0.4 is 14.5 Å². The molecule has 4 heterocycles. The Kier molecular flexibility index (Phi) is 6.52. The van der Waals surface area contributed by atoms with Crippen LogP contribution in [0.5, 0.6) is 11.8 Å². The van der Waals surface area contributed by atoms with Crippen molar-refractivity contribution in [3.05, 3.63) is 54.4 Å². The average Bonchev–Trinajstić information content (AvgIpc) is 3.34. The number of benzene rings is 2. The summed E-state index contributed by atoms with van der Waals surface area (Å²) < 4.78 is 41.0. The topological polar surface area (TPSA) is 81.4 Å². The molecule has 6 rings (SSSR count). The number of morpholine rings is 1. The predicted molar refractivity (Wildman–Crippen MR) is 135 cm³/mol. The van der Waals surface area contributed by atoms with Gasteiger partial charge >= 0.3 is 6.01 Å². The van der Waals surface area contributed by atoms with Gasteiger partial charge in [-0.3, -0.25) is 4.57 Å². The van der Waals surface area contributed by atoms with Crippen molar-refractivity contribution in [1.82, 2.24) is 24.5 Å². The fraction of sp³-hybridized carbons (Fsp3) is 0.385. The summed E-state index contributed by atoms with van der Waals surface area (Å²) in [6.45, 7) is 4.19. The lowest BCUT2D eigenvalue weighted by molar-refractivity contribution is 0.122. The highest BCUT2D eigenvalue weighted by Crippen LogP contribution is 2.30. The zero-order valence-electron chi connectivity index (χ0n) is 20.3. The molecule has 2 aliphatic rings. The summed E-state index contributed by atoms with van der Waals surface area (Å²) in [4.78, 5) is 22.0. The van der Waals surface area contributed by atoms with Gasteiger partial charge in [0.2, 0.25) is 11.9 Å². The third-order valence-corrected chi connectivity index (χ3v) is 6.62. The Hall–Kier alpha value is -3.86. The van der Waals surface area contributed by atoms with Gasteiger partial charge < -0.3 is 19.3 Å². The van der Waals surface area contributed by atoms with Crippen LogP contribution in [0.4, 0.5) is 20.4 Å². The first-order valence-electron chi connectivity index (χ1n) is 12.5. The molecule has 0 atom stereocenters. The second-order valence-electron chi connectivity index (χ2n) is 9.06. The van der Waals surface area contributed by atoms with Gasteiger partial charge in [0.05, 0.1) is 24.2 Å². The second kappa shape index (κ2) is 10.3. The second-order valence-corrected chi connectivity index (χ2v) is 9.06. The smallest absolute Gasteiger partial charge is 0.328 e. The van der Waals surface area contributed by atoms with Gasteiger partial charge in [-0.15, -0.1) is 0 Å². The Morgan fingerprint density at radius 2 is 1.57 bits per heavy atom. The third kappa shape index (κ3) is 4.91. The summed E-state index contributed by atoms with van der Waals surface area (Å²) in [5, 5.41) is 0. The predicted octanol–water partition coefficient (Wildman–Crippen LogP) is 4.77. The Morgan fingerprint density at radius 1 is 0.784 bits per heavy atom. The molecule has 0 N–H and O–H groups in total. The van der Waals surface area contributed by atoms with Crippen LogP contribution in [0.15, 0.2) is 48.5 Å². The molecule has 0 amide bonds. The molecule has 0 spiro atoms. The van der Waals surface area contributed by atoms with Gasteiger partial charge in [0.15, 0.2) is 5.82 Å². The van der Waals surface area contributed by atoms with E-state index in [4.69, 9.17) is 9.47 Å². The molecule has 2 saturated heterocycles. The van der Waals surface area contributed by atoms with E-state index in [2.05, 4.69) is 30.9 Å². The van der Waals surface area contributed by atoms with Crippen molar-refractivity contribution in [2.75, 3.05) is 49.2 Å². The first-order valence-corrected chi connectivity index (χ1v) is 12.5. The molecule has 2 aliphatic heterocycles. The Balaban J connectivity index is 1.42. The fourth-order valence-corrected chi connectivity index (χ4v) is 4.79. The first kappa shape index (κ1) is 23.5. The summed E-state index contributed by atoms with van der Waals surface area (Å²) in [5.74, 6) is 0.507. The van der Waals surface area contributed by atoms with Crippen LogP contribution in [-0.4, -0.2) is 63.9 Å². The Labute approximate surface area is 212 Å². The SMILES string of the molecule is FC(F)c1nc2ccccc2n1-c1nc(Oc2cccc(N3CCCCC3)c2)nc(N2CCOCC2)n1. The average molecular weight is 508 g/mol. The van der Waals surface area contributed by atoms with Crippen LogP contribution in [0.25, 0.3) is 17.0 Å². The van der Waals surface area contributed by atoms with E-state index in [9.17, 15) is 8.78 Å². The van der Waals surface area contributed by atoms with E-state index < -0.39 is 12.2 Å². The van der Waals surface area contributed by atoms with E-state index in [-0.39, 0.29) is 12.0 Å². The maximum atomic E-state index is 14.1. The van der Waals surface area contributed by atoms with E-state index >= 15 is 0 Å². The van der Waals surface area contributed by atoms with Crippen molar-refractivity contribution >= 4 is 22.7 Å². The highest BCUT2D eigenvalue weighted by molar-refractivity contribution is 5.77. The molecule has 11 heteroatoms. The Morgan fingerprint density at radius 3 is 2.38 bits per heavy atom. The van der Waals surface area contributed by atoms with Crippen LogP contribution in [0.2, 0.25) is 0 Å². The van der Waals surface area contributed by atoms with E-state index in [0.29, 0.717) is 49.0 Å². The van der Waals surface area contributed by atoms with Gasteiger partial charge in [0, 0.05) is 37.9 Å². The number of ether oxygens (including phenoxy) is 2. The summed E-state index contributed by atoms with van der Waals surface area (Å²) in [6, 6.07) is 14.7. The number of nitrogens with zero attached hydrogens (tertiary/aromatic N) is 7. The number of hydrogen-bond donors (Lipinski definition) is 0. The molecule has 2 fully saturated rings. The van der Waals surface area contributed by atoms with Crippen LogP contribution >= 0.6 is 0 Å². The molecule has 37 heavy (non-hydrogen) atoms. The van der Waals surface area contributed by atoms with Gasteiger partial charge in [-0.05, 0) is 43.5 Å². The maximum absolute atomic E-state index is 14.1. The number of aromatic nitrogens is 5. The number of rotatable bonds is 6. The number of halogens is 2. The van der Waals surface area contributed by atoms with Crippen molar-refractivity contribution in [2.24, 2.45) is 0 Å². The fourth-order valence-electron chi connectivity index (χ4n) is 4.79. The molecule has 0 saturated carbocycles. The maximum Gasteiger partial charge on any atom is 0.328 e. The molecule has 0 unspecified atom stereocenters. The molecule has 0 radical (unpaired) electrons. The van der Waals surface area contributed by atoms with Gasteiger partial charge in [-0.1, -0.05) is 18.2 Å². The first-order chi connectivity index (χ1) is 18.2. The van der Waals surface area contributed by atoms with E-state index in [1.807, 2.05) is 23.1 Å². The Bertz CT molecular complexity index is 1380. The molecular formula is C26H27F2N7O2. The highest BCUT2D eigenvalue weighted by Gasteiger charge is 2.25. The number of fused-ring (bicyclic) bond motifs is 1. The van der Waals surface area contributed by atoms with Gasteiger partial charge in [0.1, 0.15) is 5.75 Å². The summed E-state index contributed by atoms with van der Waals surface area (Å²) >= 11 is 0. The number of alkyl halides is 2. The molecule has 0 aliphatic carbocycles. The van der Waals surface area contributed by atoms with Crippen LogP contribution in [0, 0.1) is 0 Å². The van der Waals surface area contributed by atoms with E-state index in [0.717, 1.165) is 31.6 Å². The number of anilines is 2. The van der Waals surface area contributed by atoms with Crippen molar-refractivity contribution in [2.45, 2.75) is 25.7 Å². The monoisotopic (exact) mass is 507 g/mol. The lowest BCUT2D eigenvalue weighted by Gasteiger charge is -2.29. The molecule has 9 nitrogen and oxygen atoms in total. The lowest BCUT2D eigenvalue weighted by Crippen LogP contribution is -2.37. The summed E-state index contributed by atoms with van der Waals surface area (Å²) in [7, 11) is 0. The third-order valence-electron chi connectivity index (χ3n) is 6.62. The van der Waals surface area contributed by atoms with Crippen molar-refractivity contribution in [3.63, 3.8) is 0 Å². The number of hydrogen-bond acceptors (Lipinski definition) is 8. The van der Waals surface area contributed by atoms with Crippen LogP contribution in [0.1, 0.15) is 31.5 Å². The molecule has 4 aromatic rings. The van der Waals surface area contributed by atoms with Crippen molar-refractivity contribution in [1.29, 1.82) is 0 Å². The van der Waals surface area contributed by atoms with E-state index in [1.165, 1.54) is 11.0 Å². The summed E-state index contributed by atoms with van der Waals surface area (Å²) in [5.41, 5.74) is 1.98. The molecular weight excluding hydrogens is 480 g/mol.